The summed E-state index contributed by atoms with van der Waals surface area (Å²) in [6, 6.07) is 7.37. The number of carbonyl (C=O) groups is 1. The maximum Gasteiger partial charge on any atom is 0.307 e. The molecule has 1 atom stereocenters. The molecule has 3 nitrogen and oxygen atoms in total. The summed E-state index contributed by atoms with van der Waals surface area (Å²) >= 11 is 0. The Morgan fingerprint density at radius 1 is 1.37 bits per heavy atom. The molecule has 1 aromatic carbocycles. The van der Waals surface area contributed by atoms with Crippen LogP contribution < -0.4 is 4.74 Å². The van der Waals surface area contributed by atoms with Gasteiger partial charge in [-0.25, -0.2) is 0 Å². The highest BCUT2D eigenvalue weighted by Gasteiger charge is 2.07. The molecule has 0 fully saturated rings. The topological polar surface area (TPSA) is 46.5 Å². The van der Waals surface area contributed by atoms with E-state index in [0.717, 1.165) is 17.7 Å². The van der Waals surface area contributed by atoms with Crippen molar-refractivity contribution in [3.05, 3.63) is 29.8 Å². The van der Waals surface area contributed by atoms with Crippen molar-refractivity contribution in [1.82, 2.24) is 0 Å². The van der Waals surface area contributed by atoms with E-state index < -0.39 is 5.97 Å². The van der Waals surface area contributed by atoms with Gasteiger partial charge in [-0.2, -0.15) is 0 Å². The zero-order valence-electron chi connectivity index (χ0n) is 11.9. The first-order valence-corrected chi connectivity index (χ1v) is 7.09. The second-order valence-corrected chi connectivity index (χ2v) is 4.95. The van der Waals surface area contributed by atoms with Crippen LogP contribution in [0.1, 0.15) is 45.1 Å². The average Bonchev–Trinajstić information content (AvgIpc) is 2.38. The molecule has 1 aromatic rings. The van der Waals surface area contributed by atoms with Crippen LogP contribution in [-0.2, 0) is 11.2 Å². The Kier molecular flexibility index (Phi) is 7.01. The van der Waals surface area contributed by atoms with Crippen LogP contribution in [0.5, 0.6) is 5.75 Å². The number of carboxylic acid groups (broad SMARTS) is 1. The lowest BCUT2D eigenvalue weighted by Gasteiger charge is -2.15. The molecule has 0 bridgehead atoms. The Bertz CT molecular complexity index is 387. The number of benzene rings is 1. The van der Waals surface area contributed by atoms with Gasteiger partial charge >= 0.3 is 5.97 Å². The highest BCUT2D eigenvalue weighted by molar-refractivity contribution is 5.70. The number of aliphatic carboxylic acids is 1. The van der Waals surface area contributed by atoms with E-state index in [9.17, 15) is 4.79 Å². The fraction of sp³-hybridized carbons (Fsp3) is 0.562. The summed E-state index contributed by atoms with van der Waals surface area (Å²) in [5.74, 6) is 0.545. The monoisotopic (exact) mass is 264 g/mol. The van der Waals surface area contributed by atoms with E-state index in [4.69, 9.17) is 9.84 Å². The van der Waals surface area contributed by atoms with Gasteiger partial charge < -0.3 is 9.84 Å². The van der Waals surface area contributed by atoms with Crippen molar-refractivity contribution in [3.63, 3.8) is 0 Å². The van der Waals surface area contributed by atoms with Crippen molar-refractivity contribution in [2.24, 2.45) is 5.92 Å². The van der Waals surface area contributed by atoms with Gasteiger partial charge in [0.05, 0.1) is 13.0 Å². The van der Waals surface area contributed by atoms with Gasteiger partial charge in [-0.1, -0.05) is 45.2 Å². The van der Waals surface area contributed by atoms with Crippen LogP contribution in [0.15, 0.2) is 24.3 Å². The molecule has 19 heavy (non-hydrogen) atoms. The van der Waals surface area contributed by atoms with E-state index in [1.165, 1.54) is 19.3 Å². The second-order valence-electron chi connectivity index (χ2n) is 4.95. The van der Waals surface area contributed by atoms with Crippen molar-refractivity contribution in [2.75, 3.05) is 6.61 Å². The average molecular weight is 264 g/mol. The Morgan fingerprint density at radius 2 is 2.16 bits per heavy atom. The molecule has 3 heteroatoms. The summed E-state index contributed by atoms with van der Waals surface area (Å²) in [5.41, 5.74) is 0.784. The Hall–Kier alpha value is -1.51. The summed E-state index contributed by atoms with van der Waals surface area (Å²) < 4.78 is 5.79. The van der Waals surface area contributed by atoms with E-state index in [1.807, 2.05) is 24.3 Å². The number of hydrogen-bond donors (Lipinski definition) is 1. The van der Waals surface area contributed by atoms with Crippen molar-refractivity contribution in [1.29, 1.82) is 0 Å². The maximum atomic E-state index is 10.7. The van der Waals surface area contributed by atoms with E-state index in [-0.39, 0.29) is 6.42 Å². The first kappa shape index (κ1) is 15.5. The summed E-state index contributed by atoms with van der Waals surface area (Å²) in [7, 11) is 0. The van der Waals surface area contributed by atoms with Gasteiger partial charge in [-0.05, 0) is 30.0 Å². The van der Waals surface area contributed by atoms with Crippen LogP contribution in [0.4, 0.5) is 0 Å². The quantitative estimate of drug-likeness (QED) is 0.735. The van der Waals surface area contributed by atoms with Crippen LogP contribution in [0.25, 0.3) is 0 Å². The minimum atomic E-state index is -0.813. The molecule has 0 saturated carbocycles. The van der Waals surface area contributed by atoms with Gasteiger partial charge in [0.25, 0.3) is 0 Å². The third kappa shape index (κ3) is 6.27. The molecular weight excluding hydrogens is 240 g/mol. The van der Waals surface area contributed by atoms with Crippen LogP contribution >= 0.6 is 0 Å². The first-order valence-electron chi connectivity index (χ1n) is 7.09. The summed E-state index contributed by atoms with van der Waals surface area (Å²) in [6.07, 6.45) is 4.81. The van der Waals surface area contributed by atoms with E-state index in [0.29, 0.717) is 12.5 Å². The molecule has 1 unspecified atom stereocenters. The Labute approximate surface area is 115 Å². The number of carboxylic acids is 1. The highest BCUT2D eigenvalue weighted by atomic mass is 16.5. The third-order valence-corrected chi connectivity index (χ3v) is 3.28. The molecule has 1 N–H and O–H groups in total. The van der Waals surface area contributed by atoms with Gasteiger partial charge in [-0.15, -0.1) is 0 Å². The van der Waals surface area contributed by atoms with Crippen LogP contribution in [-0.4, -0.2) is 17.7 Å². The van der Waals surface area contributed by atoms with Crippen molar-refractivity contribution in [3.8, 4) is 5.75 Å². The minimum absolute atomic E-state index is 0.0459. The minimum Gasteiger partial charge on any atom is -0.493 e. The fourth-order valence-corrected chi connectivity index (χ4v) is 2.03. The van der Waals surface area contributed by atoms with Gasteiger partial charge in [0.1, 0.15) is 5.75 Å². The SMILES string of the molecule is CCCCC(CC)COc1cccc(CC(=O)O)c1. The third-order valence-electron chi connectivity index (χ3n) is 3.28. The van der Waals surface area contributed by atoms with E-state index >= 15 is 0 Å². The van der Waals surface area contributed by atoms with E-state index in [1.54, 1.807) is 0 Å². The van der Waals surface area contributed by atoms with Gasteiger partial charge in [0.2, 0.25) is 0 Å². The predicted octanol–water partition coefficient (Wildman–Crippen LogP) is 3.91. The summed E-state index contributed by atoms with van der Waals surface area (Å²) in [5, 5.41) is 8.77. The highest BCUT2D eigenvalue weighted by Crippen LogP contribution is 2.18. The molecule has 0 heterocycles. The number of unbranched alkanes of at least 4 members (excludes halogenated alkanes) is 1. The molecule has 0 radical (unpaired) electrons. The largest absolute Gasteiger partial charge is 0.493 e. The lowest BCUT2D eigenvalue weighted by atomic mass is 10.0. The van der Waals surface area contributed by atoms with Gasteiger partial charge in [0, 0.05) is 0 Å². The molecule has 0 spiro atoms. The second kappa shape index (κ2) is 8.57. The van der Waals surface area contributed by atoms with Gasteiger partial charge in [-0.3, -0.25) is 4.79 Å². The smallest absolute Gasteiger partial charge is 0.307 e. The number of rotatable bonds is 9. The molecule has 0 aromatic heterocycles. The van der Waals surface area contributed by atoms with Crippen molar-refractivity contribution >= 4 is 5.97 Å². The van der Waals surface area contributed by atoms with Crippen molar-refractivity contribution in [2.45, 2.75) is 46.0 Å². The predicted molar refractivity (Wildman–Crippen MR) is 76.6 cm³/mol. The molecule has 0 saturated heterocycles. The lowest BCUT2D eigenvalue weighted by Crippen LogP contribution is -2.11. The molecule has 0 aliphatic heterocycles. The van der Waals surface area contributed by atoms with Crippen LogP contribution in [0, 0.1) is 5.92 Å². The molecule has 0 amide bonds. The van der Waals surface area contributed by atoms with E-state index in [2.05, 4.69) is 13.8 Å². The molecule has 1 rings (SSSR count). The molecule has 0 aliphatic carbocycles. The standard InChI is InChI=1S/C16H24O3/c1-3-5-7-13(4-2)12-19-15-9-6-8-14(10-15)11-16(17)18/h6,8-10,13H,3-5,7,11-12H2,1-2H3,(H,17,18). The van der Waals surface area contributed by atoms with Crippen LogP contribution in [0.2, 0.25) is 0 Å². The number of ether oxygens (including phenoxy) is 1. The molecule has 106 valence electrons. The summed E-state index contributed by atoms with van der Waals surface area (Å²) in [4.78, 5) is 10.7. The first-order chi connectivity index (χ1) is 9.15. The zero-order chi connectivity index (χ0) is 14.1. The maximum absolute atomic E-state index is 10.7. The number of hydrogen-bond acceptors (Lipinski definition) is 2. The molecular formula is C16H24O3. The van der Waals surface area contributed by atoms with Crippen LogP contribution in [0.3, 0.4) is 0 Å². The Morgan fingerprint density at radius 3 is 2.79 bits per heavy atom. The van der Waals surface area contributed by atoms with Crippen molar-refractivity contribution < 1.29 is 14.6 Å². The Balaban J connectivity index is 2.49. The zero-order valence-corrected chi connectivity index (χ0v) is 11.9. The van der Waals surface area contributed by atoms with Gasteiger partial charge in [0.15, 0.2) is 0 Å². The lowest BCUT2D eigenvalue weighted by molar-refractivity contribution is -0.136. The summed E-state index contributed by atoms with van der Waals surface area (Å²) in [6.45, 7) is 5.10. The molecule has 0 aliphatic rings. The fourth-order valence-electron chi connectivity index (χ4n) is 2.03. The normalized spacial score (nSPS) is 12.1.